The highest BCUT2D eigenvalue weighted by molar-refractivity contribution is 14.0. The maximum Gasteiger partial charge on any atom is 0.191 e. The molecule has 19 heavy (non-hydrogen) atoms. The Hall–Kier alpha value is -0.0400. The molecule has 0 aromatic rings. The van der Waals surface area contributed by atoms with E-state index in [2.05, 4.69) is 23.7 Å². The molecule has 1 saturated heterocycles. The summed E-state index contributed by atoms with van der Waals surface area (Å²) in [7, 11) is 0. The van der Waals surface area contributed by atoms with Crippen molar-refractivity contribution in [2.75, 3.05) is 32.8 Å². The van der Waals surface area contributed by atoms with Crippen LogP contribution in [0.4, 0.5) is 0 Å². The number of nitrogens with two attached hydrogens (primary N) is 1. The van der Waals surface area contributed by atoms with Gasteiger partial charge in [-0.25, -0.2) is 0 Å². The van der Waals surface area contributed by atoms with Gasteiger partial charge in [-0.15, -0.1) is 24.0 Å². The molecule has 4 nitrogen and oxygen atoms in total. The number of guanidine groups is 1. The van der Waals surface area contributed by atoms with Gasteiger partial charge in [-0.05, 0) is 30.6 Å². The van der Waals surface area contributed by atoms with Crippen LogP contribution in [0.25, 0.3) is 0 Å². The van der Waals surface area contributed by atoms with Crippen LogP contribution in [0.15, 0.2) is 4.99 Å². The molecule has 5 heteroatoms. The van der Waals surface area contributed by atoms with Gasteiger partial charge < -0.3 is 15.4 Å². The van der Waals surface area contributed by atoms with Crippen LogP contribution in [-0.2, 0) is 4.74 Å². The molecule has 2 N–H and O–H groups in total. The summed E-state index contributed by atoms with van der Waals surface area (Å²) < 4.78 is 5.33. The highest BCUT2D eigenvalue weighted by Gasteiger charge is 2.37. The molecular weight excluding hydrogens is 353 g/mol. The van der Waals surface area contributed by atoms with E-state index in [0.29, 0.717) is 11.4 Å². The van der Waals surface area contributed by atoms with E-state index in [4.69, 9.17) is 10.5 Å². The molecule has 0 atom stereocenters. The Labute approximate surface area is 134 Å². The van der Waals surface area contributed by atoms with Gasteiger partial charge in [0.15, 0.2) is 5.96 Å². The van der Waals surface area contributed by atoms with Crippen molar-refractivity contribution in [3.8, 4) is 0 Å². The smallest absolute Gasteiger partial charge is 0.191 e. The minimum Gasteiger partial charge on any atom is -0.378 e. The number of hydrogen-bond acceptors (Lipinski definition) is 2. The van der Waals surface area contributed by atoms with Crippen LogP contribution in [0.1, 0.15) is 39.5 Å². The number of morpholine rings is 1. The second-order valence-corrected chi connectivity index (χ2v) is 6.23. The van der Waals surface area contributed by atoms with Crippen LogP contribution in [0, 0.1) is 11.3 Å². The quantitative estimate of drug-likeness (QED) is 0.463. The largest absolute Gasteiger partial charge is 0.378 e. The first-order valence-electron chi connectivity index (χ1n) is 7.24. The van der Waals surface area contributed by atoms with Gasteiger partial charge in [0.25, 0.3) is 0 Å². The van der Waals surface area contributed by atoms with Crippen LogP contribution in [-0.4, -0.2) is 43.7 Å². The SMILES string of the molecule is CC(C)CC1(CN=C(N)N2CCOCC2)CCC1.I. The normalized spacial score (nSPS) is 22.9. The third-order valence-electron chi connectivity index (χ3n) is 4.17. The maximum absolute atomic E-state index is 6.09. The Morgan fingerprint density at radius 3 is 2.42 bits per heavy atom. The summed E-state index contributed by atoms with van der Waals surface area (Å²) in [5, 5.41) is 0. The minimum absolute atomic E-state index is 0. The molecule has 0 amide bonds. The third kappa shape index (κ3) is 4.77. The van der Waals surface area contributed by atoms with Gasteiger partial charge in [-0.3, -0.25) is 4.99 Å². The van der Waals surface area contributed by atoms with Crippen LogP contribution in [0.3, 0.4) is 0 Å². The Morgan fingerprint density at radius 2 is 1.95 bits per heavy atom. The topological polar surface area (TPSA) is 50.8 Å². The lowest BCUT2D eigenvalue weighted by atomic mass is 9.64. The van der Waals surface area contributed by atoms with Gasteiger partial charge in [0.1, 0.15) is 0 Å². The van der Waals surface area contributed by atoms with Gasteiger partial charge in [0.2, 0.25) is 0 Å². The second kappa shape index (κ2) is 7.67. The van der Waals surface area contributed by atoms with Crippen LogP contribution >= 0.6 is 24.0 Å². The highest BCUT2D eigenvalue weighted by atomic mass is 127. The Kier molecular flexibility index (Phi) is 6.86. The van der Waals surface area contributed by atoms with E-state index in [1.807, 2.05) is 0 Å². The molecule has 1 aliphatic carbocycles. The van der Waals surface area contributed by atoms with Crippen molar-refractivity contribution in [2.24, 2.45) is 22.1 Å². The van der Waals surface area contributed by atoms with E-state index in [1.165, 1.54) is 25.7 Å². The van der Waals surface area contributed by atoms with Crippen LogP contribution in [0.5, 0.6) is 0 Å². The molecule has 1 aliphatic heterocycles. The minimum atomic E-state index is 0. The molecule has 2 rings (SSSR count). The van der Waals surface area contributed by atoms with Crippen molar-refractivity contribution in [1.82, 2.24) is 4.90 Å². The van der Waals surface area contributed by atoms with E-state index in [1.54, 1.807) is 0 Å². The second-order valence-electron chi connectivity index (χ2n) is 6.23. The summed E-state index contributed by atoms with van der Waals surface area (Å²) >= 11 is 0. The van der Waals surface area contributed by atoms with Crippen LogP contribution < -0.4 is 5.73 Å². The molecule has 0 bridgehead atoms. The fourth-order valence-electron chi connectivity index (χ4n) is 3.11. The number of rotatable bonds is 4. The lowest BCUT2D eigenvalue weighted by Gasteiger charge is -2.42. The first kappa shape index (κ1) is 17.0. The maximum atomic E-state index is 6.09. The van der Waals surface area contributed by atoms with Crippen molar-refractivity contribution < 1.29 is 4.74 Å². The molecule has 2 fully saturated rings. The molecule has 0 aromatic heterocycles. The molecule has 112 valence electrons. The van der Waals surface area contributed by atoms with E-state index < -0.39 is 0 Å². The average Bonchev–Trinajstić information content (AvgIpc) is 2.32. The Morgan fingerprint density at radius 1 is 1.32 bits per heavy atom. The lowest BCUT2D eigenvalue weighted by molar-refractivity contribution is 0.0666. The zero-order chi connectivity index (χ0) is 13.0. The van der Waals surface area contributed by atoms with E-state index >= 15 is 0 Å². The average molecular weight is 381 g/mol. The van der Waals surface area contributed by atoms with Crippen molar-refractivity contribution >= 4 is 29.9 Å². The van der Waals surface area contributed by atoms with Crippen molar-refractivity contribution in [3.63, 3.8) is 0 Å². The fraction of sp³-hybridized carbons (Fsp3) is 0.929. The number of nitrogens with zero attached hydrogens (tertiary/aromatic N) is 2. The molecule has 0 spiro atoms. The van der Waals surface area contributed by atoms with Gasteiger partial charge >= 0.3 is 0 Å². The summed E-state index contributed by atoms with van der Waals surface area (Å²) in [4.78, 5) is 6.80. The first-order chi connectivity index (χ1) is 8.61. The highest BCUT2D eigenvalue weighted by Crippen LogP contribution is 2.46. The van der Waals surface area contributed by atoms with Gasteiger partial charge in [0.05, 0.1) is 13.2 Å². The van der Waals surface area contributed by atoms with Gasteiger partial charge in [0, 0.05) is 19.6 Å². The van der Waals surface area contributed by atoms with Crippen molar-refractivity contribution in [2.45, 2.75) is 39.5 Å². The molecule has 2 aliphatic rings. The van der Waals surface area contributed by atoms with Crippen LogP contribution in [0.2, 0.25) is 0 Å². The van der Waals surface area contributed by atoms with E-state index in [9.17, 15) is 0 Å². The summed E-state index contributed by atoms with van der Waals surface area (Å²) in [5.41, 5.74) is 6.54. The zero-order valence-electron chi connectivity index (χ0n) is 12.2. The van der Waals surface area contributed by atoms with Crippen molar-refractivity contribution in [1.29, 1.82) is 0 Å². The predicted octanol–water partition coefficient (Wildman–Crippen LogP) is 2.47. The molecule has 1 heterocycles. The number of aliphatic imine (C=N–C) groups is 1. The zero-order valence-corrected chi connectivity index (χ0v) is 14.6. The fourth-order valence-corrected chi connectivity index (χ4v) is 3.11. The molecule has 0 aromatic carbocycles. The molecule has 1 saturated carbocycles. The number of halogens is 1. The third-order valence-corrected chi connectivity index (χ3v) is 4.17. The number of ether oxygens (including phenoxy) is 1. The number of hydrogen-bond donors (Lipinski definition) is 1. The lowest BCUT2D eigenvalue weighted by Crippen LogP contribution is -2.45. The first-order valence-corrected chi connectivity index (χ1v) is 7.24. The molecule has 0 unspecified atom stereocenters. The molecular formula is C14H28IN3O. The molecule has 0 radical (unpaired) electrons. The van der Waals surface area contributed by atoms with Gasteiger partial charge in [-0.1, -0.05) is 20.3 Å². The summed E-state index contributed by atoms with van der Waals surface area (Å²) in [6.45, 7) is 8.82. The Balaban J connectivity index is 0.00000180. The predicted molar refractivity (Wildman–Crippen MR) is 90.0 cm³/mol. The van der Waals surface area contributed by atoms with Gasteiger partial charge in [-0.2, -0.15) is 0 Å². The standard InChI is InChI=1S/C14H27N3O.HI/c1-12(2)10-14(4-3-5-14)11-16-13(15)17-6-8-18-9-7-17;/h12H,3-11H2,1-2H3,(H2,15,16);1H. The van der Waals surface area contributed by atoms with E-state index in [0.717, 1.165) is 38.8 Å². The summed E-state index contributed by atoms with van der Waals surface area (Å²) in [6.07, 6.45) is 5.29. The Bertz CT molecular complexity index is 297. The summed E-state index contributed by atoms with van der Waals surface area (Å²) in [6, 6.07) is 0. The van der Waals surface area contributed by atoms with E-state index in [-0.39, 0.29) is 24.0 Å². The van der Waals surface area contributed by atoms with Crippen molar-refractivity contribution in [3.05, 3.63) is 0 Å². The monoisotopic (exact) mass is 381 g/mol. The summed E-state index contributed by atoms with van der Waals surface area (Å²) in [5.74, 6) is 1.47.